The van der Waals surface area contributed by atoms with Gasteiger partial charge in [0.2, 0.25) is 0 Å². The highest BCUT2D eigenvalue weighted by Crippen LogP contribution is 2.59. The molecule has 0 aliphatic rings. The van der Waals surface area contributed by atoms with Crippen LogP contribution in [0.1, 0.15) is 5.56 Å². The van der Waals surface area contributed by atoms with Crippen LogP contribution in [0.25, 0.3) is 0 Å². The number of rotatable bonds is 5. The number of hydrogen-bond acceptors (Lipinski definition) is 2. The van der Waals surface area contributed by atoms with Crippen LogP contribution in [0.3, 0.4) is 0 Å². The zero-order valence-corrected chi connectivity index (χ0v) is 12.5. The highest BCUT2D eigenvalue weighted by atomic mass is 32.2. The van der Waals surface area contributed by atoms with Gasteiger partial charge < -0.3 is 0 Å². The van der Waals surface area contributed by atoms with E-state index in [1.165, 1.54) is 0 Å². The van der Waals surface area contributed by atoms with Crippen LogP contribution in [0, 0.1) is 0 Å². The van der Waals surface area contributed by atoms with E-state index in [4.69, 9.17) is 4.55 Å². The molecule has 0 amide bonds. The van der Waals surface area contributed by atoms with Gasteiger partial charge >= 0.3 is 29.9 Å². The molecule has 1 rings (SSSR count). The maximum absolute atomic E-state index is 13.6. The Morgan fingerprint density at radius 1 is 0.654 bits per heavy atom. The van der Waals surface area contributed by atoms with Crippen LogP contribution < -0.4 is 0 Å². The third-order valence-corrected chi connectivity index (χ3v) is 3.92. The summed E-state index contributed by atoms with van der Waals surface area (Å²) >= 11 is 0. The second-order valence-corrected chi connectivity index (χ2v) is 6.22. The lowest BCUT2D eigenvalue weighted by Crippen LogP contribution is -2.65. The first kappa shape index (κ1) is 22.4. The van der Waals surface area contributed by atoms with Gasteiger partial charge in [0.25, 0.3) is 10.1 Å². The summed E-state index contributed by atoms with van der Waals surface area (Å²) in [7, 11) is -5.02. The van der Waals surface area contributed by atoms with Crippen molar-refractivity contribution >= 4 is 10.1 Å². The van der Waals surface area contributed by atoms with Gasteiger partial charge in [0.1, 0.15) is 0 Å². The van der Waals surface area contributed by atoms with Crippen molar-refractivity contribution in [2.24, 2.45) is 0 Å². The highest BCUT2D eigenvalue weighted by molar-refractivity contribution is 7.85. The predicted octanol–water partition coefficient (Wildman–Crippen LogP) is 4.49. The Kier molecular flexibility index (Phi) is 5.11. The summed E-state index contributed by atoms with van der Waals surface area (Å²) in [4.78, 5) is -1.16. The summed E-state index contributed by atoms with van der Waals surface area (Å²) < 4.78 is 171. The van der Waals surface area contributed by atoms with E-state index >= 15 is 0 Å². The SMILES string of the molecule is O=S(=O)(O)c1ccc(C(F)(F)C(F)(F)C(F)(F)C(F)(F)C(F)(F)F)cc1. The lowest BCUT2D eigenvalue weighted by Gasteiger charge is -2.37. The zero-order valence-electron chi connectivity index (χ0n) is 11.6. The molecule has 0 radical (unpaired) electrons. The van der Waals surface area contributed by atoms with E-state index in [-0.39, 0.29) is 24.3 Å². The van der Waals surface area contributed by atoms with Crippen LogP contribution in [-0.2, 0) is 16.0 Å². The molecule has 1 aromatic rings. The quantitative estimate of drug-likeness (QED) is 0.558. The number of hydrogen-bond donors (Lipinski definition) is 1. The summed E-state index contributed by atoms with van der Waals surface area (Å²) in [5.74, 6) is -28.6. The lowest BCUT2D eigenvalue weighted by molar-refractivity contribution is -0.424. The third kappa shape index (κ3) is 3.21. The molecule has 0 heterocycles. The fourth-order valence-electron chi connectivity index (χ4n) is 1.59. The molecule has 150 valence electrons. The first-order valence-electron chi connectivity index (χ1n) is 5.87. The van der Waals surface area contributed by atoms with Crippen LogP contribution >= 0.6 is 0 Å². The molecule has 0 aromatic heterocycles. The normalized spacial score (nSPS) is 15.2. The van der Waals surface area contributed by atoms with Crippen LogP contribution in [0.15, 0.2) is 29.2 Å². The minimum Gasteiger partial charge on any atom is -0.282 e. The number of halogens is 11. The Hall–Kier alpha value is -1.64. The number of benzene rings is 1. The molecule has 26 heavy (non-hydrogen) atoms. The largest absolute Gasteiger partial charge is 0.460 e. The fourth-order valence-corrected chi connectivity index (χ4v) is 2.07. The summed E-state index contributed by atoms with van der Waals surface area (Å²) in [5, 5.41) is 0. The van der Waals surface area contributed by atoms with Gasteiger partial charge in [-0.2, -0.15) is 56.7 Å². The van der Waals surface area contributed by atoms with Gasteiger partial charge in [-0.25, -0.2) is 0 Å². The van der Waals surface area contributed by atoms with Crippen LogP contribution in [0.2, 0.25) is 0 Å². The molecule has 0 fully saturated rings. The lowest BCUT2D eigenvalue weighted by atomic mass is 9.93. The van der Waals surface area contributed by atoms with E-state index < -0.39 is 50.4 Å². The first-order chi connectivity index (χ1) is 11.2. The van der Waals surface area contributed by atoms with Gasteiger partial charge in [0, 0.05) is 5.56 Å². The predicted molar refractivity (Wildman–Crippen MR) is 61.0 cm³/mol. The molecular weight excluding hydrogens is 421 g/mol. The molecular formula is C11H5F11O3S. The second kappa shape index (κ2) is 5.94. The minimum atomic E-state index is -7.57. The fraction of sp³-hybridized carbons (Fsp3) is 0.455. The van der Waals surface area contributed by atoms with Gasteiger partial charge in [-0.15, -0.1) is 0 Å². The van der Waals surface area contributed by atoms with Gasteiger partial charge in [-0.3, -0.25) is 4.55 Å². The second-order valence-electron chi connectivity index (χ2n) is 4.79. The van der Waals surface area contributed by atoms with Crippen molar-refractivity contribution in [1.29, 1.82) is 0 Å². The van der Waals surface area contributed by atoms with Crippen molar-refractivity contribution in [2.45, 2.75) is 34.8 Å². The molecule has 0 atom stereocenters. The highest BCUT2D eigenvalue weighted by Gasteiger charge is 2.87. The van der Waals surface area contributed by atoms with Crippen molar-refractivity contribution in [1.82, 2.24) is 0 Å². The zero-order chi connectivity index (χ0) is 21.0. The molecule has 0 aliphatic heterocycles. The summed E-state index contributed by atoms with van der Waals surface area (Å²) in [5.41, 5.74) is -2.20. The van der Waals surface area contributed by atoms with E-state index in [0.29, 0.717) is 0 Å². The maximum Gasteiger partial charge on any atom is 0.460 e. The van der Waals surface area contributed by atoms with Crippen molar-refractivity contribution in [2.75, 3.05) is 0 Å². The molecule has 15 heteroatoms. The average Bonchev–Trinajstić information content (AvgIpc) is 2.44. The molecule has 0 saturated heterocycles. The summed E-state index contributed by atoms with van der Waals surface area (Å²) in [6.45, 7) is 0. The van der Waals surface area contributed by atoms with Crippen molar-refractivity contribution in [3.63, 3.8) is 0 Å². The monoisotopic (exact) mass is 426 g/mol. The topological polar surface area (TPSA) is 54.4 Å². The standard InChI is InChI=1S/C11H5F11O3S/c12-7(13,5-1-3-6(4-2-5)26(23,24)25)8(14,15)9(16,17)10(18,19)11(20,21)22/h1-4H,(H,23,24,25). The van der Waals surface area contributed by atoms with E-state index in [9.17, 15) is 56.7 Å². The van der Waals surface area contributed by atoms with Crippen molar-refractivity contribution in [3.8, 4) is 0 Å². The first-order valence-corrected chi connectivity index (χ1v) is 7.31. The molecule has 0 aliphatic carbocycles. The van der Waals surface area contributed by atoms with E-state index in [1.54, 1.807) is 0 Å². The Balaban J connectivity index is 3.49. The van der Waals surface area contributed by atoms with Crippen LogP contribution in [-0.4, -0.2) is 36.9 Å². The minimum absolute atomic E-state index is 0.0225. The number of alkyl halides is 11. The molecule has 0 saturated carbocycles. The molecule has 0 unspecified atom stereocenters. The Morgan fingerprint density at radius 3 is 1.35 bits per heavy atom. The van der Waals surface area contributed by atoms with Gasteiger partial charge in [-0.1, -0.05) is 12.1 Å². The van der Waals surface area contributed by atoms with Crippen molar-refractivity contribution < 1.29 is 61.3 Å². The smallest absolute Gasteiger partial charge is 0.282 e. The Bertz CT molecular complexity index is 766. The summed E-state index contributed by atoms with van der Waals surface area (Å²) in [6.07, 6.45) is -7.27. The average molecular weight is 426 g/mol. The Labute approximate surface area is 137 Å². The van der Waals surface area contributed by atoms with Gasteiger partial charge in [-0.05, 0) is 12.1 Å². The van der Waals surface area contributed by atoms with Gasteiger partial charge in [0.15, 0.2) is 0 Å². The van der Waals surface area contributed by atoms with Crippen molar-refractivity contribution in [3.05, 3.63) is 29.8 Å². The van der Waals surface area contributed by atoms with Gasteiger partial charge in [0.05, 0.1) is 4.90 Å². The third-order valence-electron chi connectivity index (χ3n) is 3.05. The maximum atomic E-state index is 13.6. The Morgan fingerprint density at radius 2 is 1.04 bits per heavy atom. The summed E-state index contributed by atoms with van der Waals surface area (Å²) in [6, 6.07) is -0.485. The van der Waals surface area contributed by atoms with Crippen LogP contribution in [0.5, 0.6) is 0 Å². The van der Waals surface area contributed by atoms with E-state index in [0.717, 1.165) is 0 Å². The van der Waals surface area contributed by atoms with E-state index in [2.05, 4.69) is 0 Å². The molecule has 3 nitrogen and oxygen atoms in total. The van der Waals surface area contributed by atoms with E-state index in [1.807, 2.05) is 0 Å². The molecule has 1 N–H and O–H groups in total. The molecule has 1 aromatic carbocycles. The molecule has 0 bridgehead atoms. The van der Waals surface area contributed by atoms with Crippen LogP contribution in [0.4, 0.5) is 48.3 Å². The molecule has 0 spiro atoms.